The van der Waals surface area contributed by atoms with E-state index in [1.165, 1.54) is 0 Å². The van der Waals surface area contributed by atoms with Crippen LogP contribution in [0.3, 0.4) is 0 Å². The SMILES string of the molecule is COc1cccc(C(=O)NC2CC3CCC(C2)N3c2ccc(C(=O)NCc3cc(OC)c(OC)c(OC)c3)cn2)c1C. The number of anilines is 1. The largest absolute Gasteiger partial charge is 0.496 e. The van der Waals surface area contributed by atoms with Crippen molar-refractivity contribution in [2.24, 2.45) is 0 Å². The minimum Gasteiger partial charge on any atom is -0.496 e. The lowest BCUT2D eigenvalue weighted by Crippen LogP contribution is -2.50. The summed E-state index contributed by atoms with van der Waals surface area (Å²) in [5.74, 6) is 2.84. The molecule has 2 aliphatic rings. The van der Waals surface area contributed by atoms with Crippen LogP contribution in [0.4, 0.5) is 5.82 Å². The number of pyridine rings is 1. The van der Waals surface area contributed by atoms with Gasteiger partial charge in [0.15, 0.2) is 11.5 Å². The molecule has 2 saturated heterocycles. The summed E-state index contributed by atoms with van der Waals surface area (Å²) in [6.45, 7) is 2.19. The lowest BCUT2D eigenvalue weighted by Gasteiger charge is -2.40. The molecule has 1 aromatic heterocycles. The molecule has 222 valence electrons. The third kappa shape index (κ3) is 5.79. The first-order chi connectivity index (χ1) is 20.4. The summed E-state index contributed by atoms with van der Waals surface area (Å²) < 4.78 is 21.6. The maximum absolute atomic E-state index is 13.1. The van der Waals surface area contributed by atoms with Crippen molar-refractivity contribution in [3.05, 3.63) is 70.9 Å². The van der Waals surface area contributed by atoms with Gasteiger partial charge in [0.25, 0.3) is 11.8 Å². The Bertz CT molecular complexity index is 1400. The molecular formula is C32H38N4O6. The summed E-state index contributed by atoms with van der Waals surface area (Å²) in [5, 5.41) is 6.20. The van der Waals surface area contributed by atoms with Crippen molar-refractivity contribution in [1.29, 1.82) is 0 Å². The van der Waals surface area contributed by atoms with E-state index in [0.717, 1.165) is 42.6 Å². The average molecular weight is 575 g/mol. The number of carbonyl (C=O) groups excluding carboxylic acids is 2. The van der Waals surface area contributed by atoms with E-state index < -0.39 is 0 Å². The van der Waals surface area contributed by atoms with Crippen LogP contribution in [0, 0.1) is 6.92 Å². The second-order valence-corrected chi connectivity index (χ2v) is 10.7. The Balaban J connectivity index is 1.20. The number of rotatable bonds is 10. The number of hydrogen-bond donors (Lipinski definition) is 2. The molecule has 2 unspecified atom stereocenters. The van der Waals surface area contributed by atoms with E-state index >= 15 is 0 Å². The Morgan fingerprint density at radius 3 is 2.12 bits per heavy atom. The molecule has 0 radical (unpaired) electrons. The number of ether oxygens (including phenoxy) is 4. The van der Waals surface area contributed by atoms with Crippen molar-refractivity contribution in [1.82, 2.24) is 15.6 Å². The van der Waals surface area contributed by atoms with Crippen LogP contribution in [0.15, 0.2) is 48.7 Å². The van der Waals surface area contributed by atoms with Gasteiger partial charge in [0.1, 0.15) is 11.6 Å². The number of nitrogens with one attached hydrogen (secondary N) is 2. The topological polar surface area (TPSA) is 111 Å². The van der Waals surface area contributed by atoms with Gasteiger partial charge in [0, 0.05) is 42.0 Å². The zero-order chi connectivity index (χ0) is 29.8. The maximum atomic E-state index is 13.1. The average Bonchev–Trinajstić information content (AvgIpc) is 3.28. The number of methoxy groups -OCH3 is 4. The predicted octanol–water partition coefficient (Wildman–Crippen LogP) is 4.28. The van der Waals surface area contributed by atoms with Crippen molar-refractivity contribution >= 4 is 17.6 Å². The Labute approximate surface area is 246 Å². The zero-order valence-electron chi connectivity index (χ0n) is 24.7. The number of benzene rings is 2. The van der Waals surface area contributed by atoms with E-state index in [2.05, 4.69) is 20.5 Å². The monoisotopic (exact) mass is 574 g/mol. The second kappa shape index (κ2) is 12.6. The summed E-state index contributed by atoms with van der Waals surface area (Å²) in [5.41, 5.74) is 2.78. The summed E-state index contributed by atoms with van der Waals surface area (Å²) in [4.78, 5) is 33.0. The third-order valence-electron chi connectivity index (χ3n) is 8.27. The zero-order valence-corrected chi connectivity index (χ0v) is 24.7. The molecular weight excluding hydrogens is 536 g/mol. The van der Waals surface area contributed by atoms with Gasteiger partial charge in [-0.05, 0) is 74.6 Å². The van der Waals surface area contributed by atoms with Gasteiger partial charge in [0.05, 0.1) is 34.0 Å². The van der Waals surface area contributed by atoms with Crippen LogP contribution >= 0.6 is 0 Å². The van der Waals surface area contributed by atoms with Gasteiger partial charge >= 0.3 is 0 Å². The molecule has 2 amide bonds. The number of amides is 2. The van der Waals surface area contributed by atoms with Gasteiger partial charge in [-0.1, -0.05) is 6.07 Å². The highest BCUT2D eigenvalue weighted by Gasteiger charge is 2.42. The van der Waals surface area contributed by atoms with Crippen LogP contribution in [-0.2, 0) is 6.54 Å². The van der Waals surface area contributed by atoms with Crippen molar-refractivity contribution in [2.75, 3.05) is 33.3 Å². The van der Waals surface area contributed by atoms with Crippen LogP contribution in [0.5, 0.6) is 23.0 Å². The molecule has 3 aromatic rings. The highest BCUT2D eigenvalue weighted by atomic mass is 16.5. The van der Waals surface area contributed by atoms with Crippen LogP contribution < -0.4 is 34.5 Å². The molecule has 2 bridgehead atoms. The molecule has 5 rings (SSSR count). The standard InChI is InChI=1S/C32H38N4O6/c1-19-25(7-6-8-26(19)39-2)32(38)35-22-15-23-10-11-24(16-22)36(23)29-12-9-21(18-33-29)31(37)34-17-20-13-27(40-3)30(42-5)28(14-20)41-4/h6-9,12-14,18,22-24H,10-11,15-17H2,1-5H3,(H,34,37)(H,35,38). The normalized spacial score (nSPS) is 19.2. The van der Waals surface area contributed by atoms with Crippen LogP contribution in [-0.4, -0.2) is 63.4 Å². The summed E-state index contributed by atoms with van der Waals surface area (Å²) in [6, 6.07) is 13.6. The van der Waals surface area contributed by atoms with Gasteiger partial charge in [0.2, 0.25) is 5.75 Å². The van der Waals surface area contributed by atoms with Crippen molar-refractivity contribution in [3.63, 3.8) is 0 Å². The minimum absolute atomic E-state index is 0.0655. The van der Waals surface area contributed by atoms with Crippen molar-refractivity contribution < 1.29 is 28.5 Å². The minimum atomic E-state index is -0.222. The Hall–Kier alpha value is -4.47. The summed E-state index contributed by atoms with van der Waals surface area (Å²) >= 11 is 0. The first-order valence-electron chi connectivity index (χ1n) is 14.1. The first kappa shape index (κ1) is 29.0. The van der Waals surface area contributed by atoms with E-state index in [9.17, 15) is 9.59 Å². The highest BCUT2D eigenvalue weighted by molar-refractivity contribution is 5.96. The quantitative estimate of drug-likeness (QED) is 0.369. The number of hydrogen-bond acceptors (Lipinski definition) is 8. The van der Waals surface area contributed by atoms with E-state index in [1.54, 1.807) is 34.6 Å². The second-order valence-electron chi connectivity index (χ2n) is 10.7. The van der Waals surface area contributed by atoms with Crippen molar-refractivity contribution in [3.8, 4) is 23.0 Å². The number of piperidine rings is 1. The fourth-order valence-electron chi connectivity index (χ4n) is 6.21. The van der Waals surface area contributed by atoms with Crippen LogP contribution in [0.2, 0.25) is 0 Å². The van der Waals surface area contributed by atoms with Crippen molar-refractivity contribution in [2.45, 2.75) is 57.3 Å². The molecule has 2 aromatic carbocycles. The molecule has 2 N–H and O–H groups in total. The predicted molar refractivity (Wildman–Crippen MR) is 159 cm³/mol. The molecule has 42 heavy (non-hydrogen) atoms. The molecule has 2 atom stereocenters. The third-order valence-corrected chi connectivity index (χ3v) is 8.27. The molecule has 0 saturated carbocycles. The molecule has 0 spiro atoms. The Morgan fingerprint density at radius 2 is 1.55 bits per heavy atom. The molecule has 3 heterocycles. The van der Waals surface area contributed by atoms with Gasteiger partial charge in [-0.15, -0.1) is 0 Å². The van der Waals surface area contributed by atoms with E-state index in [1.807, 2.05) is 49.4 Å². The Morgan fingerprint density at radius 1 is 0.881 bits per heavy atom. The molecule has 2 aliphatic heterocycles. The number of fused-ring (bicyclic) bond motifs is 2. The van der Waals surface area contributed by atoms with Crippen LogP contribution in [0.1, 0.15) is 57.5 Å². The lowest BCUT2D eigenvalue weighted by molar-refractivity contribution is 0.0923. The number of carbonyl (C=O) groups is 2. The first-order valence-corrected chi connectivity index (χ1v) is 14.1. The molecule has 2 fully saturated rings. The van der Waals surface area contributed by atoms with E-state index in [4.69, 9.17) is 18.9 Å². The molecule has 0 aliphatic carbocycles. The van der Waals surface area contributed by atoms with E-state index in [0.29, 0.717) is 34.1 Å². The van der Waals surface area contributed by atoms with Gasteiger partial charge in [-0.25, -0.2) is 4.98 Å². The van der Waals surface area contributed by atoms with Gasteiger partial charge in [-0.3, -0.25) is 9.59 Å². The van der Waals surface area contributed by atoms with Gasteiger partial charge < -0.3 is 34.5 Å². The Kier molecular flexibility index (Phi) is 8.70. The maximum Gasteiger partial charge on any atom is 0.253 e. The van der Waals surface area contributed by atoms with Gasteiger partial charge in [-0.2, -0.15) is 0 Å². The summed E-state index contributed by atoms with van der Waals surface area (Å²) in [6.07, 6.45) is 5.43. The smallest absolute Gasteiger partial charge is 0.253 e. The molecule has 10 nitrogen and oxygen atoms in total. The summed E-state index contributed by atoms with van der Waals surface area (Å²) in [7, 11) is 6.28. The molecule has 10 heteroatoms. The fraction of sp³-hybridized carbons (Fsp3) is 0.406. The number of aromatic nitrogens is 1. The lowest BCUT2D eigenvalue weighted by atomic mass is 9.96. The van der Waals surface area contributed by atoms with E-state index in [-0.39, 0.29) is 36.5 Å². The highest BCUT2D eigenvalue weighted by Crippen LogP contribution is 2.39. The number of nitrogens with zero attached hydrogens (tertiary/aromatic N) is 2. The van der Waals surface area contributed by atoms with Crippen LogP contribution in [0.25, 0.3) is 0 Å². The fourth-order valence-corrected chi connectivity index (χ4v) is 6.21.